The number of piperazine rings is 1. The van der Waals surface area contributed by atoms with Crippen molar-refractivity contribution in [3.63, 3.8) is 0 Å². The standard InChI is InChI=1S/C20H24F2I2N4O2/c1-2-17(30)27-14-8-26(23)20(18(27)11-6-10(11)14)19-12-5-9(12)13(28(19)24)7-25-16(29)4-3-15(21)22/h2-4,9-15,18-20H,1,5-8H2,(H,25,29)/b4-3+. The second kappa shape index (κ2) is 7.91. The fourth-order valence-electron chi connectivity index (χ4n) is 6.32. The molecule has 5 aliphatic rings. The van der Waals surface area contributed by atoms with Crippen LogP contribution in [-0.4, -0.2) is 72.7 Å². The molecular formula is C20H24F2I2N4O2. The Bertz CT molecular complexity index is 799. The van der Waals surface area contributed by atoms with Gasteiger partial charge in [-0.15, -0.1) is 0 Å². The lowest BCUT2D eigenvalue weighted by Gasteiger charge is -2.50. The number of hydrogen-bond donors (Lipinski definition) is 1. The van der Waals surface area contributed by atoms with Crippen molar-refractivity contribution >= 4 is 57.5 Å². The SMILES string of the molecule is C=CC(=O)N1C2CN(I)C(C3C4CC4C(CNC(=O)/C=C/C(F)F)N3I)C1C1CC12. The molecule has 1 N–H and O–H groups in total. The van der Waals surface area contributed by atoms with Gasteiger partial charge in [0.2, 0.25) is 11.8 Å². The zero-order chi connectivity index (χ0) is 21.3. The highest BCUT2D eigenvalue weighted by Gasteiger charge is 2.70. The average Bonchev–Trinajstić information content (AvgIpc) is 3.61. The van der Waals surface area contributed by atoms with Gasteiger partial charge in [-0.2, -0.15) is 0 Å². The summed E-state index contributed by atoms with van der Waals surface area (Å²) in [4.78, 5) is 26.6. The molecule has 2 bridgehead atoms. The van der Waals surface area contributed by atoms with E-state index in [0.717, 1.165) is 19.0 Å². The number of allylic oxidation sites excluding steroid dienone is 1. The Balaban J connectivity index is 1.31. The van der Waals surface area contributed by atoms with Crippen LogP contribution in [0.25, 0.3) is 0 Å². The molecule has 9 atom stereocenters. The quantitative estimate of drug-likeness (QED) is 0.275. The van der Waals surface area contributed by atoms with E-state index in [1.807, 2.05) is 0 Å². The molecule has 10 heteroatoms. The van der Waals surface area contributed by atoms with Gasteiger partial charge in [0.25, 0.3) is 6.43 Å². The summed E-state index contributed by atoms with van der Waals surface area (Å²) in [6.07, 6.45) is 2.69. The Morgan fingerprint density at radius 3 is 2.50 bits per heavy atom. The zero-order valence-corrected chi connectivity index (χ0v) is 20.5. The Kier molecular flexibility index (Phi) is 5.67. The fourth-order valence-corrected chi connectivity index (χ4v) is 8.73. The van der Waals surface area contributed by atoms with Gasteiger partial charge in [-0.05, 0) is 48.7 Å². The summed E-state index contributed by atoms with van der Waals surface area (Å²) in [5.41, 5.74) is 0. The Hall–Kier alpha value is -0.340. The van der Waals surface area contributed by atoms with E-state index in [-0.39, 0.29) is 24.0 Å². The molecule has 0 spiro atoms. The normalized spacial score (nSPS) is 44.3. The molecule has 3 aliphatic heterocycles. The first-order valence-corrected chi connectivity index (χ1v) is 12.3. The number of hydrogen-bond acceptors (Lipinski definition) is 4. The van der Waals surface area contributed by atoms with Crippen molar-refractivity contribution in [2.24, 2.45) is 23.7 Å². The summed E-state index contributed by atoms with van der Waals surface area (Å²) in [6.45, 7) is 5.06. The van der Waals surface area contributed by atoms with E-state index in [1.54, 1.807) is 0 Å². The molecule has 0 aromatic rings. The lowest BCUT2D eigenvalue weighted by molar-refractivity contribution is -0.134. The van der Waals surface area contributed by atoms with Gasteiger partial charge < -0.3 is 10.2 Å². The fraction of sp³-hybridized carbons (Fsp3) is 0.700. The molecule has 164 valence electrons. The molecule has 6 nitrogen and oxygen atoms in total. The van der Waals surface area contributed by atoms with Crippen LogP contribution in [0.1, 0.15) is 12.8 Å². The van der Waals surface area contributed by atoms with Crippen LogP contribution in [0.3, 0.4) is 0 Å². The van der Waals surface area contributed by atoms with Crippen molar-refractivity contribution < 1.29 is 18.4 Å². The van der Waals surface area contributed by atoms with E-state index >= 15 is 0 Å². The topological polar surface area (TPSA) is 55.9 Å². The third-order valence-electron chi connectivity index (χ3n) is 7.62. The van der Waals surface area contributed by atoms with E-state index in [2.05, 4.69) is 68.8 Å². The molecule has 2 aliphatic carbocycles. The molecule has 9 unspecified atom stereocenters. The predicted octanol–water partition coefficient (Wildman–Crippen LogP) is 2.40. The molecule has 0 radical (unpaired) electrons. The van der Waals surface area contributed by atoms with E-state index in [4.69, 9.17) is 0 Å². The van der Waals surface area contributed by atoms with Crippen LogP contribution < -0.4 is 5.32 Å². The van der Waals surface area contributed by atoms with Crippen LogP contribution in [-0.2, 0) is 9.59 Å². The lowest BCUT2D eigenvalue weighted by Crippen LogP contribution is -2.65. The summed E-state index contributed by atoms with van der Waals surface area (Å²) >= 11 is 4.82. The number of nitrogens with zero attached hydrogens (tertiary/aromatic N) is 3. The zero-order valence-electron chi connectivity index (χ0n) is 16.2. The number of carbonyl (C=O) groups excluding carboxylic acids is 2. The Labute approximate surface area is 202 Å². The van der Waals surface area contributed by atoms with E-state index in [0.29, 0.717) is 48.4 Å². The highest BCUT2D eigenvalue weighted by Crippen LogP contribution is 2.63. The number of fused-ring (bicyclic) bond motifs is 6. The van der Waals surface area contributed by atoms with E-state index in [1.165, 1.54) is 12.5 Å². The molecule has 3 heterocycles. The monoisotopic (exact) mass is 644 g/mol. The number of alkyl halides is 2. The molecule has 2 amide bonds. The molecule has 0 aromatic heterocycles. The highest BCUT2D eigenvalue weighted by molar-refractivity contribution is 14.1. The average molecular weight is 644 g/mol. The van der Waals surface area contributed by atoms with Gasteiger partial charge in [-0.25, -0.2) is 15.0 Å². The first-order valence-electron chi connectivity index (χ1n) is 10.4. The molecular weight excluding hydrogens is 620 g/mol. The van der Waals surface area contributed by atoms with Crippen LogP contribution in [0.2, 0.25) is 0 Å². The maximum absolute atomic E-state index is 12.6. The van der Waals surface area contributed by atoms with Gasteiger partial charge in [-0.3, -0.25) is 9.59 Å². The molecule has 2 saturated carbocycles. The number of nitrogens with one attached hydrogen (secondary N) is 1. The van der Waals surface area contributed by atoms with Crippen molar-refractivity contribution in [3.05, 3.63) is 24.8 Å². The van der Waals surface area contributed by atoms with E-state index in [9.17, 15) is 18.4 Å². The predicted molar refractivity (Wildman–Crippen MR) is 124 cm³/mol. The van der Waals surface area contributed by atoms with Crippen molar-refractivity contribution in [1.82, 2.24) is 16.4 Å². The van der Waals surface area contributed by atoms with E-state index < -0.39 is 12.3 Å². The van der Waals surface area contributed by atoms with Crippen molar-refractivity contribution in [2.45, 2.75) is 49.5 Å². The number of rotatable bonds is 6. The first-order chi connectivity index (χ1) is 14.3. The summed E-state index contributed by atoms with van der Waals surface area (Å²) in [6, 6.07) is 1.29. The third kappa shape index (κ3) is 3.43. The summed E-state index contributed by atoms with van der Waals surface area (Å²) in [5, 5.41) is 2.79. The highest BCUT2D eigenvalue weighted by atomic mass is 127. The van der Waals surface area contributed by atoms with Crippen LogP contribution in [0, 0.1) is 23.7 Å². The van der Waals surface area contributed by atoms with Crippen LogP contribution in [0.4, 0.5) is 8.78 Å². The summed E-state index contributed by atoms with van der Waals surface area (Å²) in [5.74, 6) is 1.84. The minimum Gasteiger partial charge on any atom is -0.351 e. The number of carbonyl (C=O) groups is 2. The minimum absolute atomic E-state index is 0.0479. The molecule has 30 heavy (non-hydrogen) atoms. The molecule has 0 aromatic carbocycles. The minimum atomic E-state index is -2.62. The van der Waals surface area contributed by atoms with Gasteiger partial charge in [-0.1, -0.05) is 6.58 Å². The van der Waals surface area contributed by atoms with Crippen LogP contribution in [0.15, 0.2) is 24.8 Å². The molecule has 3 saturated heterocycles. The summed E-state index contributed by atoms with van der Waals surface area (Å²) in [7, 11) is 0. The third-order valence-corrected chi connectivity index (χ3v) is 10.0. The molecule has 5 fully saturated rings. The van der Waals surface area contributed by atoms with Gasteiger partial charge in [0.15, 0.2) is 0 Å². The summed E-state index contributed by atoms with van der Waals surface area (Å²) < 4.78 is 29.3. The van der Waals surface area contributed by atoms with Crippen molar-refractivity contribution in [2.75, 3.05) is 13.1 Å². The number of halogens is 4. The van der Waals surface area contributed by atoms with Crippen molar-refractivity contribution in [1.29, 1.82) is 0 Å². The first kappa shape index (κ1) is 21.5. The maximum atomic E-state index is 12.6. The van der Waals surface area contributed by atoms with Gasteiger partial charge >= 0.3 is 0 Å². The van der Waals surface area contributed by atoms with Gasteiger partial charge in [0, 0.05) is 83.0 Å². The van der Waals surface area contributed by atoms with Crippen LogP contribution >= 0.6 is 45.7 Å². The number of piperidine rings is 2. The number of amides is 2. The van der Waals surface area contributed by atoms with Gasteiger partial charge in [0.1, 0.15) is 0 Å². The van der Waals surface area contributed by atoms with Crippen molar-refractivity contribution in [3.8, 4) is 0 Å². The second-order valence-electron chi connectivity index (χ2n) is 9.05. The Morgan fingerprint density at radius 2 is 1.80 bits per heavy atom. The van der Waals surface area contributed by atoms with Crippen LogP contribution in [0.5, 0.6) is 0 Å². The largest absolute Gasteiger partial charge is 0.351 e. The second-order valence-corrected chi connectivity index (χ2v) is 11.4. The van der Waals surface area contributed by atoms with Gasteiger partial charge in [0.05, 0.1) is 12.1 Å². The molecule has 5 rings (SSSR count). The smallest absolute Gasteiger partial charge is 0.257 e. The maximum Gasteiger partial charge on any atom is 0.257 e. The Morgan fingerprint density at radius 1 is 1.10 bits per heavy atom. The lowest BCUT2D eigenvalue weighted by atomic mass is 9.91.